The highest BCUT2D eigenvalue weighted by atomic mass is 32.2. The first-order valence-electron chi connectivity index (χ1n) is 13.7. The van der Waals surface area contributed by atoms with Crippen LogP contribution in [-0.2, 0) is 21.6 Å². The first-order valence-corrected chi connectivity index (χ1v) is 15.8. The first-order chi connectivity index (χ1) is 21.4. The van der Waals surface area contributed by atoms with Gasteiger partial charge in [-0.15, -0.1) is 0 Å². The largest absolute Gasteiger partial charge is 0.382 e. The number of benzene rings is 5. The van der Waals surface area contributed by atoms with Crippen molar-refractivity contribution in [3.05, 3.63) is 157 Å². The fourth-order valence-electron chi connectivity index (χ4n) is 5.57. The Bertz CT molecular complexity index is 2240. The van der Waals surface area contributed by atoms with Crippen molar-refractivity contribution in [2.45, 2.75) is 11.0 Å². The Labute approximate surface area is 257 Å². The van der Waals surface area contributed by atoms with E-state index in [0.29, 0.717) is 22.3 Å². The highest BCUT2D eigenvalue weighted by Crippen LogP contribution is 2.36. The van der Waals surface area contributed by atoms with Crippen molar-refractivity contribution in [2.75, 3.05) is 0 Å². The molecule has 0 aliphatic rings. The number of fused-ring (bicyclic) bond motifs is 2. The summed E-state index contributed by atoms with van der Waals surface area (Å²) in [5.74, 6) is 0. The van der Waals surface area contributed by atoms with E-state index in [9.17, 15) is 13.5 Å². The summed E-state index contributed by atoms with van der Waals surface area (Å²) in [5.41, 5.74) is 5.17. The van der Waals surface area contributed by atoms with E-state index >= 15 is 0 Å². The summed E-state index contributed by atoms with van der Waals surface area (Å²) in [6, 6.07) is 45.3. The van der Waals surface area contributed by atoms with Crippen LogP contribution in [0.25, 0.3) is 38.8 Å². The molecule has 1 N–H and O–H groups in total. The summed E-state index contributed by atoms with van der Waals surface area (Å²) >= 11 is -0.750. The van der Waals surface area contributed by atoms with Gasteiger partial charge in [-0.2, -0.15) is 8.42 Å². The van der Waals surface area contributed by atoms with Crippen LogP contribution in [0.4, 0.5) is 0 Å². The third-order valence-electron chi connectivity index (χ3n) is 7.48. The molecule has 0 saturated carbocycles. The molecule has 0 aliphatic heterocycles. The van der Waals surface area contributed by atoms with Gasteiger partial charge in [-0.05, 0) is 65.7 Å². The molecule has 5 aromatic carbocycles. The van der Waals surface area contributed by atoms with Gasteiger partial charge < -0.3 is 9.67 Å². The molecule has 7 aromatic rings. The molecule has 44 heavy (non-hydrogen) atoms. The molecular weight excluding hydrogens is 593 g/mol. The number of para-hydroxylation sites is 3. The topological polar surface area (TPSA) is 98.4 Å². The second-order valence-electron chi connectivity index (χ2n) is 10.1. The van der Waals surface area contributed by atoms with Gasteiger partial charge in [-0.1, -0.05) is 91.0 Å². The molecule has 0 aliphatic carbocycles. The van der Waals surface area contributed by atoms with E-state index in [1.165, 1.54) is 3.97 Å². The van der Waals surface area contributed by atoms with Crippen LogP contribution in [0.3, 0.4) is 0 Å². The van der Waals surface area contributed by atoms with Crippen molar-refractivity contribution < 1.29 is 21.9 Å². The summed E-state index contributed by atoms with van der Waals surface area (Å²) in [4.78, 5) is 0.214. The molecule has 2 heterocycles. The fourth-order valence-corrected chi connectivity index (χ4v) is 7.12. The molecule has 0 radical (unpaired) electrons. The van der Waals surface area contributed by atoms with Gasteiger partial charge in [-0.3, -0.25) is 0 Å². The summed E-state index contributed by atoms with van der Waals surface area (Å²) in [6.45, 7) is 0. The van der Waals surface area contributed by atoms with E-state index < -0.39 is 27.7 Å². The van der Waals surface area contributed by atoms with Crippen LogP contribution in [0.1, 0.15) is 17.4 Å². The van der Waals surface area contributed by atoms with Gasteiger partial charge in [0, 0.05) is 16.5 Å². The van der Waals surface area contributed by atoms with Crippen LogP contribution in [0, 0.1) is 0 Å². The summed E-state index contributed by atoms with van der Waals surface area (Å²) < 4.78 is 48.0. The second-order valence-corrected chi connectivity index (χ2v) is 12.0. The average molecular weight is 619 g/mol. The molecule has 218 valence electrons. The fraction of sp³-hybridized carbons (Fsp3) is 0.0286. The Balaban J connectivity index is 0.00000110. The monoisotopic (exact) mass is 618 g/mol. The molecule has 0 saturated heterocycles. The summed E-state index contributed by atoms with van der Waals surface area (Å²) in [6.07, 6.45) is -0.953. The molecule has 0 bridgehead atoms. The van der Waals surface area contributed by atoms with E-state index in [-0.39, 0.29) is 4.90 Å². The minimum Gasteiger partial charge on any atom is -0.382 e. The number of aliphatic hydroxyl groups is 1. The van der Waals surface area contributed by atoms with Crippen molar-refractivity contribution in [1.82, 2.24) is 8.54 Å². The summed E-state index contributed by atoms with van der Waals surface area (Å²) in [5, 5.41) is 13.6. The third-order valence-corrected chi connectivity index (χ3v) is 9.22. The lowest BCUT2D eigenvalue weighted by atomic mass is 10.0. The molecule has 0 fully saturated rings. The molecule has 9 heteroatoms. The van der Waals surface area contributed by atoms with Crippen LogP contribution < -0.4 is 0 Å². The van der Waals surface area contributed by atoms with Gasteiger partial charge in [0.05, 0.1) is 27.3 Å². The lowest BCUT2D eigenvalue weighted by Crippen LogP contribution is -2.14. The van der Waals surface area contributed by atoms with Crippen molar-refractivity contribution in [2.24, 2.45) is 0 Å². The maximum Gasteiger partial charge on any atom is 0.335 e. The van der Waals surface area contributed by atoms with Gasteiger partial charge in [0.15, 0.2) is 0 Å². The average Bonchev–Trinajstić information content (AvgIpc) is 3.66. The van der Waals surface area contributed by atoms with Gasteiger partial charge in [0.25, 0.3) is 10.0 Å². The number of aliphatic hydroxyl groups excluding tert-OH is 1. The van der Waals surface area contributed by atoms with Crippen LogP contribution in [-0.4, -0.2) is 30.5 Å². The predicted molar refractivity (Wildman–Crippen MR) is 173 cm³/mol. The minimum absolute atomic E-state index is 0.214. The second kappa shape index (κ2) is 12.3. The minimum atomic E-state index is -3.90. The molecule has 0 amide bonds. The van der Waals surface area contributed by atoms with Gasteiger partial charge >= 0.3 is 11.6 Å². The van der Waals surface area contributed by atoms with E-state index in [1.807, 2.05) is 115 Å². The van der Waals surface area contributed by atoms with E-state index in [4.69, 9.17) is 8.42 Å². The zero-order valence-corrected chi connectivity index (χ0v) is 24.9. The molecule has 1 unspecified atom stereocenters. The summed E-state index contributed by atoms with van der Waals surface area (Å²) in [7, 11) is -3.90. The van der Waals surface area contributed by atoms with Crippen molar-refractivity contribution in [3.8, 4) is 16.9 Å². The van der Waals surface area contributed by atoms with Crippen LogP contribution in [0.5, 0.6) is 0 Å². The highest BCUT2D eigenvalue weighted by Gasteiger charge is 2.25. The zero-order valence-electron chi connectivity index (χ0n) is 23.2. The Morgan fingerprint density at radius 3 is 1.86 bits per heavy atom. The molecule has 0 spiro atoms. The van der Waals surface area contributed by atoms with Gasteiger partial charge in [0.2, 0.25) is 0 Å². The van der Waals surface area contributed by atoms with Crippen LogP contribution in [0.15, 0.2) is 150 Å². The van der Waals surface area contributed by atoms with Crippen LogP contribution >= 0.6 is 0 Å². The Morgan fingerprint density at radius 2 is 1.18 bits per heavy atom. The molecule has 2 aromatic heterocycles. The standard InChI is InChI=1S/C35H26N2O3S.O2S/c38-35(34-24-26-12-7-9-20-31(26)36(34)29-16-3-1-4-17-29)28-15-11-14-25(22-28)33-23-27-13-8-10-21-32(27)37(33)41(39,40)30-18-5-2-6-19-30;1-3-2/h1-24,35,38H;. The lowest BCUT2D eigenvalue weighted by molar-refractivity contribution is 0.214. The maximum atomic E-state index is 14.0. The van der Waals surface area contributed by atoms with Gasteiger partial charge in [0.1, 0.15) is 6.10 Å². The Morgan fingerprint density at radius 1 is 0.614 bits per heavy atom. The van der Waals surface area contributed by atoms with E-state index in [2.05, 4.69) is 4.57 Å². The van der Waals surface area contributed by atoms with Crippen LogP contribution in [0.2, 0.25) is 0 Å². The molecular formula is C35H26N2O5S2. The van der Waals surface area contributed by atoms with E-state index in [0.717, 1.165) is 27.7 Å². The predicted octanol–water partition coefficient (Wildman–Crippen LogP) is 6.90. The smallest absolute Gasteiger partial charge is 0.335 e. The number of rotatable bonds is 6. The number of hydrogen-bond acceptors (Lipinski definition) is 5. The van der Waals surface area contributed by atoms with E-state index in [1.54, 1.807) is 30.3 Å². The quantitative estimate of drug-likeness (QED) is 0.219. The zero-order chi connectivity index (χ0) is 30.7. The first kappa shape index (κ1) is 29.0. The van der Waals surface area contributed by atoms with Crippen molar-refractivity contribution >= 4 is 43.4 Å². The Hall–Kier alpha value is -5.09. The molecule has 1 atom stereocenters. The number of nitrogens with zero attached hydrogens (tertiary/aromatic N) is 2. The Kier molecular flexibility index (Phi) is 8.08. The molecule has 7 nitrogen and oxygen atoms in total. The van der Waals surface area contributed by atoms with Gasteiger partial charge in [-0.25, -0.2) is 12.4 Å². The SMILES string of the molecule is O=S(=O)(c1ccccc1)n1c(-c2cccc(C(O)c3cc4ccccc4n3-c3ccccc3)c2)cc2ccccc21.O=S=O. The third kappa shape index (κ3) is 5.28. The normalized spacial score (nSPS) is 12.0. The molecule has 7 rings (SSSR count). The number of aromatic nitrogens is 2. The number of hydrogen-bond donors (Lipinski definition) is 1. The highest BCUT2D eigenvalue weighted by molar-refractivity contribution is 7.90. The van der Waals surface area contributed by atoms with Crippen molar-refractivity contribution in [3.63, 3.8) is 0 Å². The van der Waals surface area contributed by atoms with Crippen molar-refractivity contribution in [1.29, 1.82) is 0 Å². The maximum absolute atomic E-state index is 14.0. The lowest BCUT2D eigenvalue weighted by Gasteiger charge is -2.18.